The molecular weight excluding hydrogens is 78.1 g/mol. The van der Waals surface area contributed by atoms with E-state index in [1.807, 2.05) is 0 Å². The Balaban J connectivity index is 2.46. The molecule has 1 rings (SSSR count). The van der Waals surface area contributed by atoms with E-state index in [1.54, 1.807) is 0 Å². The van der Waals surface area contributed by atoms with Gasteiger partial charge < -0.3 is 5.32 Å². The maximum Gasteiger partial charge on any atom is 0.196 e. The van der Waals surface area contributed by atoms with Crippen molar-refractivity contribution < 1.29 is 0 Å². The third-order valence-corrected chi connectivity index (χ3v) is 0.414. The van der Waals surface area contributed by atoms with Gasteiger partial charge in [0.1, 0.15) is 6.67 Å². The van der Waals surface area contributed by atoms with Gasteiger partial charge in [-0.3, -0.25) is 0 Å². The van der Waals surface area contributed by atoms with Crippen molar-refractivity contribution in [1.29, 1.82) is 0 Å². The monoisotopic (exact) mass is 81.0 g/mol. The van der Waals surface area contributed by atoms with E-state index in [4.69, 9.17) is 0 Å². The van der Waals surface area contributed by atoms with Crippen LogP contribution < -0.4 is 5.32 Å². The predicted molar refractivity (Wildman–Crippen MR) is 22.9 cm³/mol. The second-order valence-electron chi connectivity index (χ2n) is 0.817. The van der Waals surface area contributed by atoms with Crippen LogP contribution in [0.4, 0.5) is 0 Å². The van der Waals surface area contributed by atoms with Crippen molar-refractivity contribution >= 4 is 12.7 Å². The summed E-state index contributed by atoms with van der Waals surface area (Å²) in [4.78, 5) is 6.99. The van der Waals surface area contributed by atoms with E-state index in [0.717, 1.165) is 0 Å². The molecule has 1 aliphatic heterocycles. The number of aliphatic imine (C=N–C) groups is 2. The fourth-order valence-corrected chi connectivity index (χ4v) is 0.210. The number of nitrogens with zero attached hydrogens (tertiary/aromatic N) is 2. The summed E-state index contributed by atoms with van der Waals surface area (Å²) < 4.78 is 0. The Labute approximate surface area is 35.8 Å². The average Bonchev–Trinajstić information content (AvgIpc) is 1.72. The maximum atomic E-state index is 3.59. The Kier molecular flexibility index (Phi) is 0.859. The lowest BCUT2D eigenvalue weighted by atomic mass is 10.9. The van der Waals surface area contributed by atoms with Gasteiger partial charge in [-0.2, -0.15) is 0 Å². The lowest BCUT2D eigenvalue weighted by Gasteiger charge is -1.90. The van der Waals surface area contributed by atoms with Gasteiger partial charge in [-0.05, 0) is 0 Å². The van der Waals surface area contributed by atoms with E-state index < -0.39 is 0 Å². The van der Waals surface area contributed by atoms with Crippen LogP contribution in [0.2, 0.25) is 0 Å². The highest BCUT2D eigenvalue weighted by molar-refractivity contribution is 5.72. The van der Waals surface area contributed by atoms with Crippen LogP contribution in [0.15, 0.2) is 9.98 Å². The van der Waals surface area contributed by atoms with Crippen LogP contribution in [-0.4, -0.2) is 19.3 Å². The fraction of sp³-hybridized carbons (Fsp3) is 0.333. The lowest BCUT2D eigenvalue weighted by Crippen LogP contribution is -2.13. The van der Waals surface area contributed by atoms with Crippen LogP contribution in [0, 0.1) is 0 Å². The lowest BCUT2D eigenvalue weighted by molar-refractivity contribution is 0.934. The molecule has 3 heteroatoms. The highest BCUT2D eigenvalue weighted by Gasteiger charge is 1.78. The van der Waals surface area contributed by atoms with Crippen LogP contribution in [0.5, 0.6) is 0 Å². The quantitative estimate of drug-likeness (QED) is 0.413. The predicted octanol–water partition coefficient (Wildman–Crippen LogP) is -0.642. The molecule has 0 atom stereocenters. The van der Waals surface area contributed by atoms with Crippen LogP contribution in [0.3, 0.4) is 0 Å². The zero-order valence-electron chi connectivity index (χ0n) is 3.10. The van der Waals surface area contributed by atoms with E-state index in [0.29, 0.717) is 6.67 Å². The van der Waals surface area contributed by atoms with Gasteiger partial charge >= 0.3 is 0 Å². The highest BCUT2D eigenvalue weighted by atomic mass is 15.1. The fourth-order valence-electron chi connectivity index (χ4n) is 0.210. The summed E-state index contributed by atoms with van der Waals surface area (Å²) >= 11 is 0. The van der Waals surface area contributed by atoms with Gasteiger partial charge in [0.2, 0.25) is 0 Å². The summed E-state index contributed by atoms with van der Waals surface area (Å²) in [5.41, 5.74) is 0. The summed E-state index contributed by atoms with van der Waals surface area (Å²) in [5, 5.41) is 2.64. The Bertz CT molecular complexity index is 72.0. The molecule has 0 spiro atoms. The van der Waals surface area contributed by atoms with Gasteiger partial charge in [0, 0.05) is 0 Å². The van der Waals surface area contributed by atoms with Gasteiger partial charge in [0.25, 0.3) is 0 Å². The molecule has 0 aromatic rings. The SMILES string of the molecule is [C]1=N[C]=NCN1. The van der Waals surface area contributed by atoms with Crippen LogP contribution in [0.1, 0.15) is 0 Å². The molecule has 1 aliphatic rings. The largest absolute Gasteiger partial charge is 0.348 e. The van der Waals surface area contributed by atoms with Gasteiger partial charge in [-0.15, -0.1) is 0 Å². The summed E-state index contributed by atoms with van der Waals surface area (Å²) in [6, 6.07) is 0. The molecule has 0 unspecified atom stereocenters. The van der Waals surface area contributed by atoms with Gasteiger partial charge in [0.05, 0.1) is 0 Å². The molecule has 0 saturated carbocycles. The van der Waals surface area contributed by atoms with E-state index >= 15 is 0 Å². The third kappa shape index (κ3) is 0.544. The topological polar surface area (TPSA) is 36.8 Å². The molecule has 0 fully saturated rings. The van der Waals surface area contributed by atoms with Crippen LogP contribution in [0.25, 0.3) is 0 Å². The maximum absolute atomic E-state index is 3.59. The first-order valence-electron chi connectivity index (χ1n) is 1.59. The Morgan fingerprint density at radius 2 is 2.67 bits per heavy atom. The van der Waals surface area contributed by atoms with E-state index in [2.05, 4.69) is 28.0 Å². The van der Waals surface area contributed by atoms with Gasteiger partial charge in [-0.1, -0.05) is 0 Å². The van der Waals surface area contributed by atoms with E-state index in [9.17, 15) is 0 Å². The molecule has 30 valence electrons. The first-order valence-corrected chi connectivity index (χ1v) is 1.59. The normalized spacial score (nSPS) is 17.3. The van der Waals surface area contributed by atoms with Crippen LogP contribution >= 0.6 is 0 Å². The smallest absolute Gasteiger partial charge is 0.196 e. The molecule has 6 heavy (non-hydrogen) atoms. The zero-order chi connectivity index (χ0) is 4.24. The second-order valence-corrected chi connectivity index (χ2v) is 0.817. The highest BCUT2D eigenvalue weighted by Crippen LogP contribution is 1.66. The molecule has 3 nitrogen and oxygen atoms in total. The standard InChI is InChI=1S/C3H3N3/c1-4-2-6-3-5-1/h1H2,(H,4,5,6). The van der Waals surface area contributed by atoms with Crippen molar-refractivity contribution in [1.82, 2.24) is 5.32 Å². The number of rotatable bonds is 0. The minimum absolute atomic E-state index is 0.559. The molecule has 0 aromatic carbocycles. The van der Waals surface area contributed by atoms with Crippen molar-refractivity contribution in [3.05, 3.63) is 0 Å². The van der Waals surface area contributed by atoms with Crippen molar-refractivity contribution in [2.75, 3.05) is 6.67 Å². The molecule has 0 amide bonds. The van der Waals surface area contributed by atoms with E-state index in [-0.39, 0.29) is 0 Å². The molecule has 0 aromatic heterocycles. The Morgan fingerprint density at radius 3 is 2.83 bits per heavy atom. The molecule has 1 N–H and O–H groups in total. The zero-order valence-corrected chi connectivity index (χ0v) is 3.10. The molecule has 1 heterocycles. The first kappa shape index (κ1) is 3.33. The van der Waals surface area contributed by atoms with Crippen LogP contribution in [-0.2, 0) is 0 Å². The Morgan fingerprint density at radius 1 is 1.67 bits per heavy atom. The number of hydrogen-bond acceptors (Lipinski definition) is 3. The summed E-state index contributed by atoms with van der Waals surface area (Å²) in [6.07, 6.45) is 4.82. The minimum atomic E-state index is 0.559. The molecule has 0 saturated heterocycles. The third-order valence-electron chi connectivity index (χ3n) is 0.414. The number of nitrogens with one attached hydrogen (secondary N) is 1. The Hall–Kier alpha value is -0.860. The summed E-state index contributed by atoms with van der Waals surface area (Å²) in [7, 11) is 0. The van der Waals surface area contributed by atoms with E-state index in [1.165, 1.54) is 0 Å². The summed E-state index contributed by atoms with van der Waals surface area (Å²) in [6.45, 7) is 0.559. The first-order chi connectivity index (χ1) is 3.00. The molecule has 2 radical (unpaired) electrons. The van der Waals surface area contributed by atoms with Crippen molar-refractivity contribution in [2.24, 2.45) is 9.98 Å². The summed E-state index contributed by atoms with van der Waals surface area (Å²) in [5.74, 6) is 0. The molecular formula is C3H3N3. The average molecular weight is 81.1 g/mol. The molecule has 0 aliphatic carbocycles. The number of hydrogen-bond donors (Lipinski definition) is 1. The van der Waals surface area contributed by atoms with Gasteiger partial charge in [-0.25, -0.2) is 9.98 Å². The minimum Gasteiger partial charge on any atom is -0.348 e. The van der Waals surface area contributed by atoms with Crippen molar-refractivity contribution in [2.45, 2.75) is 0 Å². The van der Waals surface area contributed by atoms with Crippen molar-refractivity contribution in [3.8, 4) is 0 Å². The van der Waals surface area contributed by atoms with Crippen molar-refractivity contribution in [3.63, 3.8) is 0 Å². The second kappa shape index (κ2) is 1.55. The molecule has 0 bridgehead atoms. The van der Waals surface area contributed by atoms with Gasteiger partial charge in [0.15, 0.2) is 12.7 Å².